The summed E-state index contributed by atoms with van der Waals surface area (Å²) in [7, 11) is 0. The Kier molecular flexibility index (Phi) is 22.1. The molecular weight excluding hydrogens is 1100 g/mol. The van der Waals surface area contributed by atoms with E-state index in [1.165, 1.54) is 147 Å². The molecule has 4 atom stereocenters. The van der Waals surface area contributed by atoms with Crippen molar-refractivity contribution >= 4 is 71.3 Å². The molecule has 0 bridgehead atoms. The van der Waals surface area contributed by atoms with E-state index in [1.54, 1.807) is 0 Å². The van der Waals surface area contributed by atoms with Gasteiger partial charge in [0.05, 0.1) is 11.1 Å². The summed E-state index contributed by atoms with van der Waals surface area (Å²) >= 11 is 0. The number of rotatable bonds is 25. The maximum atomic E-state index is 15.1. The molecule has 0 N–H and O–H groups in total. The van der Waals surface area contributed by atoms with Crippen molar-refractivity contribution in [3.63, 3.8) is 0 Å². The summed E-state index contributed by atoms with van der Waals surface area (Å²) in [6, 6.07) is 32.0. The number of benzene rings is 6. The molecule has 0 aliphatic rings. The zero-order chi connectivity index (χ0) is 61.0. The standard InChI is InChI=1S/C62H54O22/c1-35(63)31-41-19-7-9-21-43(41)59(71)81-53(33-75-57(69)45-23-11-15-27-49(45)77-37(3)65)56(84-62(74)48-26-14-18-30-52(48)80-40(6)68)55(83-60(72)44-22-10-8-20-42(44)32-36(2)64)54(82-61(73)47-25-13-17-29-51(47)79-39(5)67)34-76-58(70)46-24-12-16-28-50(46)78-38(4)66/h7-30,53-56H,31-34H2,1-6H3. The molecule has 0 saturated heterocycles. The largest absolute Gasteiger partial charge is 0.458 e. The van der Waals surface area contributed by atoms with Crippen molar-refractivity contribution in [1.29, 1.82) is 0 Å². The molecule has 0 aliphatic carbocycles. The van der Waals surface area contributed by atoms with Gasteiger partial charge >= 0.3 is 59.7 Å². The molecule has 0 fully saturated rings. The fourth-order valence-electron chi connectivity index (χ4n) is 8.15. The summed E-state index contributed by atoms with van der Waals surface area (Å²) in [4.78, 5) is 162. The van der Waals surface area contributed by atoms with E-state index in [-0.39, 0.29) is 63.5 Å². The Labute approximate surface area is 479 Å². The van der Waals surface area contributed by atoms with Crippen LogP contribution in [0.1, 0.15) is 115 Å². The van der Waals surface area contributed by atoms with Gasteiger partial charge in [0.25, 0.3) is 0 Å². The summed E-state index contributed by atoms with van der Waals surface area (Å²) in [5.41, 5.74) is -2.06. The zero-order valence-electron chi connectivity index (χ0n) is 46.0. The molecule has 4 unspecified atom stereocenters. The summed E-state index contributed by atoms with van der Waals surface area (Å²) < 4.78 is 57.5. The second kappa shape index (κ2) is 29.7. The average Bonchev–Trinajstić information content (AvgIpc) is 3.00. The number of ether oxygens (including phenoxy) is 10. The van der Waals surface area contributed by atoms with Gasteiger partial charge in [-0.05, 0) is 85.6 Å². The van der Waals surface area contributed by atoms with Gasteiger partial charge in [-0.2, -0.15) is 0 Å². The van der Waals surface area contributed by atoms with Crippen LogP contribution < -0.4 is 18.9 Å². The van der Waals surface area contributed by atoms with Crippen LogP contribution in [0.3, 0.4) is 0 Å². The third kappa shape index (κ3) is 17.7. The SMILES string of the molecule is CC(=O)Cc1ccccc1C(=O)OC(COC(=O)c1ccccc1OC(C)=O)C(OC(=O)c1ccccc1OC(C)=O)C(OC(=O)c1ccccc1CC(C)=O)C(COC(=O)c1ccccc1OC(C)=O)OC(=O)c1ccccc1OC(C)=O. The van der Waals surface area contributed by atoms with Crippen LogP contribution in [0.5, 0.6) is 23.0 Å². The molecule has 6 aromatic rings. The molecule has 84 heavy (non-hydrogen) atoms. The number of carbonyl (C=O) groups excluding carboxylic acids is 12. The molecule has 0 aromatic heterocycles. The Bertz CT molecular complexity index is 3280. The first-order valence-corrected chi connectivity index (χ1v) is 25.5. The van der Waals surface area contributed by atoms with Gasteiger partial charge in [0, 0.05) is 40.5 Å². The maximum absolute atomic E-state index is 15.1. The number of hydrogen-bond acceptors (Lipinski definition) is 22. The van der Waals surface area contributed by atoms with E-state index in [2.05, 4.69) is 0 Å². The highest BCUT2D eigenvalue weighted by molar-refractivity contribution is 5.97. The molecular formula is C62H54O22. The summed E-state index contributed by atoms with van der Waals surface area (Å²) in [5.74, 6) is -13.6. The van der Waals surface area contributed by atoms with Gasteiger partial charge in [-0.15, -0.1) is 0 Å². The second-order valence-electron chi connectivity index (χ2n) is 18.3. The van der Waals surface area contributed by atoms with Crippen LogP contribution in [0, 0.1) is 0 Å². The van der Waals surface area contributed by atoms with E-state index < -0.39 is 126 Å². The van der Waals surface area contributed by atoms with Gasteiger partial charge in [-0.1, -0.05) is 84.9 Å². The first-order valence-electron chi connectivity index (χ1n) is 25.5. The molecule has 6 aromatic carbocycles. The quantitative estimate of drug-likeness (QED) is 0.0303. The number of ketones is 2. The summed E-state index contributed by atoms with van der Waals surface area (Å²) in [6.07, 6.45) is -10.2. The Hall–Kier alpha value is -10.6. The Morgan fingerprint density at radius 1 is 0.298 bits per heavy atom. The molecule has 434 valence electrons. The summed E-state index contributed by atoms with van der Waals surface area (Å²) in [5, 5.41) is 0. The Balaban J connectivity index is 1.66. The van der Waals surface area contributed by atoms with Crippen molar-refractivity contribution in [3.8, 4) is 23.0 Å². The lowest BCUT2D eigenvalue weighted by atomic mass is 9.99. The van der Waals surface area contributed by atoms with Crippen LogP contribution in [0.15, 0.2) is 146 Å². The fraction of sp³-hybridized carbons (Fsp3) is 0.226. The van der Waals surface area contributed by atoms with Crippen LogP contribution in [0.4, 0.5) is 0 Å². The number of hydrogen-bond donors (Lipinski definition) is 0. The van der Waals surface area contributed by atoms with Gasteiger partial charge < -0.3 is 47.4 Å². The molecule has 6 rings (SSSR count). The lowest BCUT2D eigenvalue weighted by Gasteiger charge is -2.36. The zero-order valence-corrected chi connectivity index (χ0v) is 46.0. The van der Waals surface area contributed by atoms with Crippen LogP contribution >= 0.6 is 0 Å². The maximum Gasteiger partial charge on any atom is 0.342 e. The van der Waals surface area contributed by atoms with Crippen LogP contribution in [-0.4, -0.2) is 109 Å². The number of Topliss-reactive ketones (excluding diaryl/α,β-unsaturated/α-hetero) is 2. The van der Waals surface area contributed by atoms with Crippen molar-refractivity contribution in [2.75, 3.05) is 13.2 Å². The molecule has 0 spiro atoms. The van der Waals surface area contributed by atoms with Crippen LogP contribution in [-0.2, 0) is 70.0 Å². The van der Waals surface area contributed by atoms with Gasteiger partial charge in [0.2, 0.25) is 0 Å². The number of carbonyl (C=O) groups is 12. The smallest absolute Gasteiger partial charge is 0.342 e. The number of esters is 10. The normalized spacial score (nSPS) is 12.0. The fourth-order valence-corrected chi connectivity index (χ4v) is 8.15. The third-order valence-electron chi connectivity index (χ3n) is 11.6. The van der Waals surface area contributed by atoms with E-state index in [9.17, 15) is 47.9 Å². The van der Waals surface area contributed by atoms with E-state index in [4.69, 9.17) is 47.4 Å². The predicted octanol–water partition coefficient (Wildman–Crippen LogP) is 7.57. The first kappa shape index (κ1) is 62.6. The lowest BCUT2D eigenvalue weighted by molar-refractivity contribution is -0.139. The van der Waals surface area contributed by atoms with Crippen molar-refractivity contribution < 1.29 is 105 Å². The monoisotopic (exact) mass is 1150 g/mol. The average molecular weight is 1150 g/mol. The molecule has 0 aliphatic heterocycles. The van der Waals surface area contributed by atoms with Gasteiger partial charge in [-0.25, -0.2) is 28.8 Å². The highest BCUT2D eigenvalue weighted by Crippen LogP contribution is 2.30. The number of para-hydroxylation sites is 4. The molecule has 0 radical (unpaired) electrons. The van der Waals surface area contributed by atoms with E-state index in [1.807, 2.05) is 0 Å². The van der Waals surface area contributed by atoms with Crippen molar-refractivity contribution in [2.45, 2.75) is 78.8 Å². The topological polar surface area (TPSA) is 297 Å². The van der Waals surface area contributed by atoms with Gasteiger partial charge in [-0.3, -0.25) is 28.8 Å². The summed E-state index contributed by atoms with van der Waals surface area (Å²) in [6.45, 7) is 4.25. The Morgan fingerprint density at radius 3 is 0.833 bits per heavy atom. The highest BCUT2D eigenvalue weighted by atomic mass is 16.7. The van der Waals surface area contributed by atoms with E-state index in [0.29, 0.717) is 0 Å². The van der Waals surface area contributed by atoms with Crippen LogP contribution in [0.25, 0.3) is 0 Å². The lowest BCUT2D eigenvalue weighted by Crippen LogP contribution is -2.55. The van der Waals surface area contributed by atoms with E-state index in [0.717, 1.165) is 39.8 Å². The molecule has 22 heteroatoms. The minimum absolute atomic E-state index is 0.0837. The first-order chi connectivity index (χ1) is 40.1. The Morgan fingerprint density at radius 2 is 0.536 bits per heavy atom. The predicted molar refractivity (Wildman–Crippen MR) is 290 cm³/mol. The van der Waals surface area contributed by atoms with E-state index >= 15 is 9.59 Å². The van der Waals surface area contributed by atoms with Gasteiger partial charge in [0.15, 0.2) is 24.4 Å². The third-order valence-corrected chi connectivity index (χ3v) is 11.6. The van der Waals surface area contributed by atoms with Crippen LogP contribution in [0.2, 0.25) is 0 Å². The highest BCUT2D eigenvalue weighted by Gasteiger charge is 2.47. The second-order valence-corrected chi connectivity index (χ2v) is 18.3. The van der Waals surface area contributed by atoms with Crippen molar-refractivity contribution in [3.05, 3.63) is 190 Å². The molecule has 0 heterocycles. The molecule has 0 saturated carbocycles. The van der Waals surface area contributed by atoms with Crippen molar-refractivity contribution in [2.24, 2.45) is 0 Å². The van der Waals surface area contributed by atoms with Gasteiger partial charge in [0.1, 0.15) is 70.0 Å². The van der Waals surface area contributed by atoms with Crippen molar-refractivity contribution in [1.82, 2.24) is 0 Å². The molecule has 22 nitrogen and oxygen atoms in total. The minimum atomic E-state index is -2.49. The molecule has 0 amide bonds. The minimum Gasteiger partial charge on any atom is -0.458 e.